The summed E-state index contributed by atoms with van der Waals surface area (Å²) in [5, 5.41) is 5.13. The Labute approximate surface area is 155 Å². The fourth-order valence-electron chi connectivity index (χ4n) is 2.11. The van der Waals surface area contributed by atoms with Crippen molar-refractivity contribution in [3.8, 4) is 0 Å². The number of hydrogen-bond donors (Lipinski definition) is 1. The molecule has 1 heterocycles. The van der Waals surface area contributed by atoms with Crippen molar-refractivity contribution in [3.63, 3.8) is 0 Å². The zero-order chi connectivity index (χ0) is 16.6. The normalized spacial score (nSPS) is 10.8. The van der Waals surface area contributed by atoms with Crippen molar-refractivity contribution in [2.45, 2.75) is 0 Å². The number of fused-ring (bicyclic) bond motifs is 1. The molecule has 3 nitrogen and oxygen atoms in total. The number of pyridine rings is 1. The number of rotatable bonds is 2. The molecule has 23 heavy (non-hydrogen) atoms. The van der Waals surface area contributed by atoms with Crippen LogP contribution in [0, 0.1) is 0 Å². The first kappa shape index (κ1) is 16.5. The molecule has 1 aromatic heterocycles. The van der Waals surface area contributed by atoms with Crippen molar-refractivity contribution >= 4 is 73.1 Å². The zero-order valence-electron chi connectivity index (χ0n) is 11.4. The van der Waals surface area contributed by atoms with Gasteiger partial charge in [-0.1, -0.05) is 68.9 Å². The van der Waals surface area contributed by atoms with Gasteiger partial charge in [0.25, 0.3) is 5.91 Å². The Balaban J connectivity index is 1.93. The third-order valence-electron chi connectivity index (χ3n) is 3.22. The Morgan fingerprint density at radius 3 is 2.65 bits per heavy atom. The molecule has 2 aromatic carbocycles. The van der Waals surface area contributed by atoms with Gasteiger partial charge in [0.2, 0.25) is 0 Å². The molecule has 0 unspecified atom stereocenters. The lowest BCUT2D eigenvalue weighted by atomic mass is 10.1. The Hall–Kier alpha value is -1.33. The lowest BCUT2D eigenvalue weighted by Crippen LogP contribution is -2.14. The maximum absolute atomic E-state index is 12.3. The highest BCUT2D eigenvalue weighted by molar-refractivity contribution is 9.10. The molecule has 0 atom stereocenters. The van der Waals surface area contributed by atoms with E-state index in [-0.39, 0.29) is 20.8 Å². The minimum absolute atomic E-state index is 0.0235. The summed E-state index contributed by atoms with van der Waals surface area (Å²) in [6.45, 7) is 0. The van der Waals surface area contributed by atoms with Crippen LogP contribution in [-0.4, -0.2) is 10.9 Å². The van der Waals surface area contributed by atoms with Gasteiger partial charge in [0, 0.05) is 16.4 Å². The van der Waals surface area contributed by atoms with Gasteiger partial charge in [-0.2, -0.15) is 0 Å². The van der Waals surface area contributed by atoms with Crippen molar-refractivity contribution in [1.29, 1.82) is 0 Å². The molecule has 7 heteroatoms. The maximum atomic E-state index is 12.3. The molecule has 1 N–H and O–H groups in total. The van der Waals surface area contributed by atoms with E-state index in [2.05, 4.69) is 26.2 Å². The quantitative estimate of drug-likeness (QED) is 0.525. The molecule has 0 aliphatic rings. The monoisotopic (exact) mass is 428 g/mol. The van der Waals surface area contributed by atoms with Gasteiger partial charge in [-0.3, -0.25) is 4.79 Å². The van der Waals surface area contributed by atoms with Crippen molar-refractivity contribution in [1.82, 2.24) is 4.98 Å². The van der Waals surface area contributed by atoms with E-state index in [4.69, 9.17) is 34.8 Å². The third-order valence-corrected chi connectivity index (χ3v) is 5.15. The van der Waals surface area contributed by atoms with E-state index in [0.717, 1.165) is 15.2 Å². The molecule has 1 amide bonds. The van der Waals surface area contributed by atoms with Crippen molar-refractivity contribution in [2.24, 2.45) is 0 Å². The van der Waals surface area contributed by atoms with Crippen molar-refractivity contribution in [2.75, 3.05) is 5.32 Å². The molecule has 0 fully saturated rings. The minimum Gasteiger partial charge on any atom is -0.321 e. The summed E-state index contributed by atoms with van der Waals surface area (Å²) in [5.41, 5.74) is 0.653. The van der Waals surface area contributed by atoms with E-state index in [9.17, 15) is 4.79 Å². The molecular formula is C16H8BrCl3N2O. The van der Waals surface area contributed by atoms with Gasteiger partial charge in [-0.05, 0) is 29.0 Å². The number of carbonyl (C=O) groups excluding carboxylic acids is 1. The van der Waals surface area contributed by atoms with Gasteiger partial charge in [-0.25, -0.2) is 4.98 Å². The topological polar surface area (TPSA) is 42.0 Å². The summed E-state index contributed by atoms with van der Waals surface area (Å²) >= 11 is 21.3. The van der Waals surface area contributed by atoms with Crippen molar-refractivity contribution < 1.29 is 4.79 Å². The first-order valence-corrected chi connectivity index (χ1v) is 8.39. The summed E-state index contributed by atoms with van der Waals surface area (Å²) < 4.78 is 0.988. The number of nitrogens with zero attached hydrogens (tertiary/aromatic N) is 1. The van der Waals surface area contributed by atoms with Gasteiger partial charge < -0.3 is 5.32 Å². The highest BCUT2D eigenvalue weighted by Crippen LogP contribution is 2.32. The number of halogens is 4. The van der Waals surface area contributed by atoms with Crippen LogP contribution in [-0.2, 0) is 0 Å². The van der Waals surface area contributed by atoms with E-state index < -0.39 is 5.91 Å². The van der Waals surface area contributed by atoms with Crippen LogP contribution in [0.4, 0.5) is 5.69 Å². The molecule has 116 valence electrons. The van der Waals surface area contributed by atoms with Gasteiger partial charge in [0.15, 0.2) is 0 Å². The lowest BCUT2D eigenvalue weighted by molar-refractivity contribution is 0.102. The number of nitrogens with one attached hydrogen (secondary N) is 1. The predicted octanol–water partition coefficient (Wildman–Crippen LogP) is 6.21. The maximum Gasteiger partial charge on any atom is 0.275 e. The Bertz CT molecular complexity index is 931. The van der Waals surface area contributed by atoms with Gasteiger partial charge in [0.05, 0.1) is 15.1 Å². The zero-order valence-corrected chi connectivity index (χ0v) is 15.3. The first-order valence-electron chi connectivity index (χ1n) is 6.46. The smallest absolute Gasteiger partial charge is 0.275 e. The Morgan fingerprint density at radius 1 is 1.09 bits per heavy atom. The van der Waals surface area contributed by atoms with Crippen LogP contribution in [0.15, 0.2) is 47.1 Å². The molecule has 3 rings (SSSR count). The molecule has 0 spiro atoms. The average Bonchev–Trinajstić information content (AvgIpc) is 2.53. The van der Waals surface area contributed by atoms with E-state index >= 15 is 0 Å². The van der Waals surface area contributed by atoms with Crippen LogP contribution in [0.1, 0.15) is 10.5 Å². The Kier molecular flexibility index (Phi) is 4.78. The predicted molar refractivity (Wildman–Crippen MR) is 98.9 cm³/mol. The van der Waals surface area contributed by atoms with Gasteiger partial charge in [0.1, 0.15) is 5.69 Å². The molecular weight excluding hydrogens is 422 g/mol. The Morgan fingerprint density at radius 2 is 1.87 bits per heavy atom. The highest BCUT2D eigenvalue weighted by atomic mass is 79.9. The number of benzene rings is 2. The summed E-state index contributed by atoms with van der Waals surface area (Å²) in [5.74, 6) is -0.456. The molecule has 0 aliphatic heterocycles. The summed E-state index contributed by atoms with van der Waals surface area (Å²) in [7, 11) is 0. The third kappa shape index (κ3) is 3.31. The second-order valence-corrected chi connectivity index (χ2v) is 6.73. The summed E-state index contributed by atoms with van der Waals surface area (Å²) in [4.78, 5) is 16.3. The number of anilines is 1. The number of carbonyl (C=O) groups is 1. The molecule has 0 saturated carbocycles. The standard InChI is InChI=1S/C16H8BrCl3N2O/c17-11-3-1-2-8-6-9(4-5-10(8)11)22-16(23)15-14(20)13(19)12(18)7-21-15/h1-7H,(H,22,23). The fraction of sp³-hybridized carbons (Fsp3) is 0. The van der Waals surface area contributed by atoms with Gasteiger partial charge >= 0.3 is 0 Å². The van der Waals surface area contributed by atoms with Crippen LogP contribution >= 0.6 is 50.7 Å². The van der Waals surface area contributed by atoms with Crippen molar-refractivity contribution in [3.05, 3.63) is 67.8 Å². The molecule has 0 saturated heterocycles. The van der Waals surface area contributed by atoms with Crippen LogP contribution in [0.2, 0.25) is 15.1 Å². The highest BCUT2D eigenvalue weighted by Gasteiger charge is 2.17. The second-order valence-electron chi connectivity index (χ2n) is 4.71. The molecule has 0 bridgehead atoms. The largest absolute Gasteiger partial charge is 0.321 e. The number of aromatic nitrogens is 1. The lowest BCUT2D eigenvalue weighted by Gasteiger charge is -2.09. The summed E-state index contributed by atoms with van der Waals surface area (Å²) in [6.07, 6.45) is 1.29. The van der Waals surface area contributed by atoms with E-state index in [1.54, 1.807) is 6.07 Å². The van der Waals surface area contributed by atoms with E-state index in [1.807, 2.05) is 30.3 Å². The van der Waals surface area contributed by atoms with Crippen LogP contribution < -0.4 is 5.32 Å². The first-order chi connectivity index (χ1) is 11.0. The fourth-order valence-corrected chi connectivity index (χ4v) is 3.19. The average molecular weight is 431 g/mol. The number of amides is 1. The second kappa shape index (κ2) is 6.65. The minimum atomic E-state index is -0.456. The van der Waals surface area contributed by atoms with Crippen LogP contribution in [0.25, 0.3) is 10.8 Å². The molecule has 0 radical (unpaired) electrons. The summed E-state index contributed by atoms with van der Waals surface area (Å²) in [6, 6.07) is 11.4. The van der Waals surface area contributed by atoms with E-state index in [0.29, 0.717) is 5.69 Å². The van der Waals surface area contributed by atoms with Crippen LogP contribution in [0.5, 0.6) is 0 Å². The molecule has 0 aliphatic carbocycles. The van der Waals surface area contributed by atoms with E-state index in [1.165, 1.54) is 6.20 Å². The van der Waals surface area contributed by atoms with Gasteiger partial charge in [-0.15, -0.1) is 0 Å². The SMILES string of the molecule is O=C(Nc1ccc2c(Br)cccc2c1)c1ncc(Cl)c(Cl)c1Cl. The number of hydrogen-bond acceptors (Lipinski definition) is 2. The molecule has 3 aromatic rings. The van der Waals surface area contributed by atoms with Crippen LogP contribution in [0.3, 0.4) is 0 Å².